The van der Waals surface area contributed by atoms with E-state index in [4.69, 9.17) is 9.47 Å². The van der Waals surface area contributed by atoms with Gasteiger partial charge < -0.3 is 19.5 Å². The molecule has 6 heteroatoms. The monoisotopic (exact) mass is 331 g/mol. The standard InChI is InChI=1S/C18H21NO5/c20-17(19-5-1-2-12(10-19)18(21)22)14-9-13(14)11-3-4-15-16(8-11)24-7-6-23-15/h3-4,8,12-14H,1-2,5-7,9-10H2,(H,21,22)/t12-,13?,14?/m0/s1. The zero-order valence-electron chi connectivity index (χ0n) is 13.4. The van der Waals surface area contributed by atoms with Crippen molar-refractivity contribution in [3.05, 3.63) is 23.8 Å². The maximum Gasteiger partial charge on any atom is 0.308 e. The number of nitrogens with zero attached hydrogens (tertiary/aromatic N) is 1. The molecule has 0 bridgehead atoms. The largest absolute Gasteiger partial charge is 0.486 e. The van der Waals surface area contributed by atoms with Gasteiger partial charge in [0.05, 0.1) is 5.92 Å². The summed E-state index contributed by atoms with van der Waals surface area (Å²) in [6.07, 6.45) is 2.26. The van der Waals surface area contributed by atoms with Crippen molar-refractivity contribution in [2.45, 2.75) is 25.2 Å². The Morgan fingerprint density at radius 2 is 1.96 bits per heavy atom. The minimum atomic E-state index is -0.799. The number of carbonyl (C=O) groups is 2. The summed E-state index contributed by atoms with van der Waals surface area (Å²) in [6.45, 7) is 2.13. The number of amides is 1. The Balaban J connectivity index is 1.42. The zero-order chi connectivity index (χ0) is 16.7. The number of ether oxygens (including phenoxy) is 2. The summed E-state index contributed by atoms with van der Waals surface area (Å²) in [7, 11) is 0. The highest BCUT2D eigenvalue weighted by atomic mass is 16.6. The second-order valence-corrected chi connectivity index (χ2v) is 6.81. The van der Waals surface area contributed by atoms with Crippen LogP contribution in [0, 0.1) is 11.8 Å². The van der Waals surface area contributed by atoms with Crippen LogP contribution < -0.4 is 9.47 Å². The van der Waals surface area contributed by atoms with E-state index >= 15 is 0 Å². The number of likely N-dealkylation sites (tertiary alicyclic amines) is 1. The SMILES string of the molecule is O=C(O)[C@H]1CCCN(C(=O)C2CC2c2ccc3c(c2)OCCO3)C1. The van der Waals surface area contributed by atoms with Crippen LogP contribution in [0.1, 0.15) is 30.7 Å². The first-order valence-corrected chi connectivity index (χ1v) is 8.54. The average Bonchev–Trinajstić information content (AvgIpc) is 3.41. The van der Waals surface area contributed by atoms with Crippen molar-refractivity contribution in [2.24, 2.45) is 11.8 Å². The fourth-order valence-electron chi connectivity index (χ4n) is 3.74. The lowest BCUT2D eigenvalue weighted by Crippen LogP contribution is -2.43. The van der Waals surface area contributed by atoms with Gasteiger partial charge in [0.1, 0.15) is 13.2 Å². The first kappa shape index (κ1) is 15.3. The van der Waals surface area contributed by atoms with Gasteiger partial charge in [-0.2, -0.15) is 0 Å². The van der Waals surface area contributed by atoms with Crippen LogP contribution in [-0.4, -0.2) is 48.2 Å². The maximum absolute atomic E-state index is 12.7. The van der Waals surface area contributed by atoms with Gasteiger partial charge in [0, 0.05) is 19.0 Å². The molecule has 0 aromatic heterocycles. The third-order valence-electron chi connectivity index (χ3n) is 5.18. The quantitative estimate of drug-likeness (QED) is 0.915. The second-order valence-electron chi connectivity index (χ2n) is 6.81. The third-order valence-corrected chi connectivity index (χ3v) is 5.18. The summed E-state index contributed by atoms with van der Waals surface area (Å²) in [5.74, 6) is 0.565. The normalized spacial score (nSPS) is 28.3. The van der Waals surface area contributed by atoms with Crippen molar-refractivity contribution in [1.82, 2.24) is 4.90 Å². The molecule has 1 aromatic carbocycles. The van der Waals surface area contributed by atoms with E-state index in [-0.39, 0.29) is 17.7 Å². The van der Waals surface area contributed by atoms with Gasteiger partial charge in [-0.3, -0.25) is 9.59 Å². The molecule has 2 fully saturated rings. The minimum absolute atomic E-state index is 0.0277. The number of piperidine rings is 1. The number of carboxylic acids is 1. The van der Waals surface area contributed by atoms with E-state index in [1.807, 2.05) is 18.2 Å². The number of rotatable bonds is 3. The lowest BCUT2D eigenvalue weighted by molar-refractivity contribution is -0.146. The molecular weight excluding hydrogens is 310 g/mol. The van der Waals surface area contributed by atoms with Crippen LogP contribution in [0.4, 0.5) is 0 Å². The number of hydrogen-bond acceptors (Lipinski definition) is 4. The molecule has 6 nitrogen and oxygen atoms in total. The van der Waals surface area contributed by atoms with Crippen LogP contribution in [0.5, 0.6) is 11.5 Å². The van der Waals surface area contributed by atoms with Crippen LogP contribution in [0.15, 0.2) is 18.2 Å². The summed E-state index contributed by atoms with van der Waals surface area (Å²) < 4.78 is 11.1. The molecule has 24 heavy (non-hydrogen) atoms. The molecule has 1 saturated carbocycles. The van der Waals surface area contributed by atoms with Crippen LogP contribution in [0.3, 0.4) is 0 Å². The van der Waals surface area contributed by atoms with Crippen LogP contribution in [0.2, 0.25) is 0 Å². The molecule has 2 unspecified atom stereocenters. The maximum atomic E-state index is 12.7. The third kappa shape index (κ3) is 2.81. The fourth-order valence-corrected chi connectivity index (χ4v) is 3.74. The lowest BCUT2D eigenvalue weighted by atomic mass is 9.97. The topological polar surface area (TPSA) is 76.1 Å². The van der Waals surface area contributed by atoms with Gasteiger partial charge in [-0.1, -0.05) is 6.07 Å². The fraction of sp³-hybridized carbons (Fsp3) is 0.556. The van der Waals surface area contributed by atoms with Crippen molar-refractivity contribution >= 4 is 11.9 Å². The number of hydrogen-bond donors (Lipinski definition) is 1. The molecule has 0 spiro atoms. The number of aliphatic carboxylic acids is 1. The average molecular weight is 331 g/mol. The summed E-state index contributed by atoms with van der Waals surface area (Å²) >= 11 is 0. The Bertz CT molecular complexity index is 673. The van der Waals surface area contributed by atoms with E-state index in [9.17, 15) is 14.7 Å². The van der Waals surface area contributed by atoms with Crippen molar-refractivity contribution in [2.75, 3.05) is 26.3 Å². The Morgan fingerprint density at radius 1 is 1.17 bits per heavy atom. The van der Waals surface area contributed by atoms with Gasteiger partial charge in [0.15, 0.2) is 11.5 Å². The van der Waals surface area contributed by atoms with E-state index in [2.05, 4.69) is 0 Å². The highest BCUT2D eigenvalue weighted by molar-refractivity contribution is 5.84. The predicted octanol–water partition coefficient (Wildman–Crippen LogP) is 1.88. The molecule has 1 aromatic rings. The molecule has 1 N–H and O–H groups in total. The molecule has 2 aliphatic heterocycles. The zero-order valence-corrected chi connectivity index (χ0v) is 13.4. The molecule has 1 saturated heterocycles. The van der Waals surface area contributed by atoms with Crippen LogP contribution in [0.25, 0.3) is 0 Å². The molecule has 1 aliphatic carbocycles. The van der Waals surface area contributed by atoms with Crippen LogP contribution >= 0.6 is 0 Å². The minimum Gasteiger partial charge on any atom is -0.486 e. The second kappa shape index (κ2) is 6.00. The van der Waals surface area contributed by atoms with Crippen LogP contribution in [-0.2, 0) is 9.59 Å². The molecular formula is C18H21NO5. The first-order chi connectivity index (χ1) is 11.6. The molecule has 1 amide bonds. The van der Waals surface area contributed by atoms with E-state index in [1.165, 1.54) is 0 Å². The smallest absolute Gasteiger partial charge is 0.308 e. The molecule has 2 heterocycles. The predicted molar refractivity (Wildman–Crippen MR) is 85.2 cm³/mol. The van der Waals surface area contributed by atoms with Crippen molar-refractivity contribution in [3.8, 4) is 11.5 Å². The van der Waals surface area contributed by atoms with E-state index in [1.54, 1.807) is 4.90 Å². The van der Waals surface area contributed by atoms with Gasteiger partial charge in [-0.25, -0.2) is 0 Å². The van der Waals surface area contributed by atoms with E-state index in [0.717, 1.165) is 29.9 Å². The van der Waals surface area contributed by atoms with Gasteiger partial charge in [0.2, 0.25) is 5.91 Å². The van der Waals surface area contributed by atoms with Gasteiger partial charge in [0.25, 0.3) is 0 Å². The Hall–Kier alpha value is -2.24. The van der Waals surface area contributed by atoms with Crippen molar-refractivity contribution < 1.29 is 24.2 Å². The Labute approximate surface area is 140 Å². The number of carboxylic acid groups (broad SMARTS) is 1. The molecule has 3 atom stereocenters. The van der Waals surface area contributed by atoms with Gasteiger partial charge in [-0.15, -0.1) is 0 Å². The summed E-state index contributed by atoms with van der Waals surface area (Å²) in [6, 6.07) is 5.88. The Morgan fingerprint density at radius 3 is 2.75 bits per heavy atom. The van der Waals surface area contributed by atoms with Crippen molar-refractivity contribution in [3.63, 3.8) is 0 Å². The van der Waals surface area contributed by atoms with Gasteiger partial charge in [-0.05, 0) is 42.9 Å². The van der Waals surface area contributed by atoms with Gasteiger partial charge >= 0.3 is 5.97 Å². The van der Waals surface area contributed by atoms with E-state index < -0.39 is 11.9 Å². The summed E-state index contributed by atoms with van der Waals surface area (Å²) in [5.41, 5.74) is 1.10. The molecule has 4 rings (SSSR count). The lowest BCUT2D eigenvalue weighted by Gasteiger charge is -2.31. The highest BCUT2D eigenvalue weighted by Crippen LogP contribution is 2.50. The number of fused-ring (bicyclic) bond motifs is 1. The first-order valence-electron chi connectivity index (χ1n) is 8.54. The number of benzene rings is 1. The number of carbonyl (C=O) groups excluding carboxylic acids is 1. The molecule has 0 radical (unpaired) electrons. The van der Waals surface area contributed by atoms with Crippen molar-refractivity contribution in [1.29, 1.82) is 0 Å². The summed E-state index contributed by atoms with van der Waals surface area (Å²) in [4.78, 5) is 25.6. The molecule has 128 valence electrons. The summed E-state index contributed by atoms with van der Waals surface area (Å²) in [5, 5.41) is 9.17. The van der Waals surface area contributed by atoms with E-state index in [0.29, 0.717) is 32.7 Å². The highest BCUT2D eigenvalue weighted by Gasteiger charge is 2.47. The Kier molecular flexibility index (Phi) is 3.82. The molecule has 3 aliphatic rings.